The maximum atomic E-state index is 14.9. The SMILES string of the molecule is CC(NC(=O)c1cc(C#N)cnc1NCc1ccc(-c2cnccc2N)cc1F)c1ccc(F)cc1. The van der Waals surface area contributed by atoms with Gasteiger partial charge in [-0.15, -0.1) is 0 Å². The topological polar surface area (TPSA) is 117 Å². The van der Waals surface area contributed by atoms with Crippen LogP contribution < -0.4 is 16.4 Å². The van der Waals surface area contributed by atoms with E-state index in [2.05, 4.69) is 20.6 Å². The van der Waals surface area contributed by atoms with Gasteiger partial charge in [-0.3, -0.25) is 9.78 Å². The van der Waals surface area contributed by atoms with Gasteiger partial charge in [0.2, 0.25) is 0 Å². The fourth-order valence-corrected chi connectivity index (χ4v) is 3.63. The van der Waals surface area contributed by atoms with Crippen molar-refractivity contribution in [2.24, 2.45) is 0 Å². The van der Waals surface area contributed by atoms with Crippen molar-refractivity contribution >= 4 is 17.4 Å². The largest absolute Gasteiger partial charge is 0.398 e. The van der Waals surface area contributed by atoms with E-state index in [9.17, 15) is 18.8 Å². The molecule has 7 nitrogen and oxygen atoms in total. The summed E-state index contributed by atoms with van der Waals surface area (Å²) in [5.74, 6) is -1.13. The van der Waals surface area contributed by atoms with Gasteiger partial charge in [-0.1, -0.05) is 24.3 Å². The number of benzene rings is 2. The lowest BCUT2D eigenvalue weighted by Crippen LogP contribution is -2.28. The second-order valence-electron chi connectivity index (χ2n) is 8.10. The van der Waals surface area contributed by atoms with Crippen molar-refractivity contribution in [3.8, 4) is 17.2 Å². The van der Waals surface area contributed by atoms with Crippen LogP contribution in [0.3, 0.4) is 0 Å². The number of carbonyl (C=O) groups excluding carboxylic acids is 1. The first-order valence-corrected chi connectivity index (χ1v) is 11.0. The van der Waals surface area contributed by atoms with E-state index in [1.807, 2.05) is 6.07 Å². The summed E-state index contributed by atoms with van der Waals surface area (Å²) in [6.07, 6.45) is 4.46. The summed E-state index contributed by atoms with van der Waals surface area (Å²) < 4.78 is 28.1. The zero-order chi connectivity index (χ0) is 25.7. The predicted octanol–water partition coefficient (Wildman–Crippen LogP) is 4.98. The van der Waals surface area contributed by atoms with Gasteiger partial charge >= 0.3 is 0 Å². The molecule has 180 valence electrons. The Kier molecular flexibility index (Phi) is 7.16. The molecule has 0 aliphatic rings. The molecular formula is C27H22F2N6O. The number of nitrogens with zero attached hydrogens (tertiary/aromatic N) is 3. The average Bonchev–Trinajstić information content (AvgIpc) is 2.88. The van der Waals surface area contributed by atoms with Crippen molar-refractivity contribution in [3.63, 3.8) is 0 Å². The van der Waals surface area contributed by atoms with Crippen LogP contribution in [0.1, 0.15) is 40.0 Å². The zero-order valence-electron chi connectivity index (χ0n) is 19.3. The van der Waals surface area contributed by atoms with E-state index >= 15 is 0 Å². The van der Waals surface area contributed by atoms with Crippen LogP contribution in [0.25, 0.3) is 11.1 Å². The van der Waals surface area contributed by atoms with Gasteiger partial charge in [-0.2, -0.15) is 5.26 Å². The number of nitriles is 1. The molecule has 0 saturated heterocycles. The van der Waals surface area contributed by atoms with Crippen molar-refractivity contribution in [1.29, 1.82) is 5.26 Å². The number of nitrogens with two attached hydrogens (primary N) is 1. The van der Waals surface area contributed by atoms with E-state index in [-0.39, 0.29) is 29.3 Å². The first kappa shape index (κ1) is 24.3. The van der Waals surface area contributed by atoms with Crippen LogP contribution >= 0.6 is 0 Å². The summed E-state index contributed by atoms with van der Waals surface area (Å²) >= 11 is 0. The highest BCUT2D eigenvalue weighted by molar-refractivity contribution is 5.99. The molecular weight excluding hydrogens is 462 g/mol. The van der Waals surface area contributed by atoms with E-state index in [1.165, 1.54) is 30.5 Å². The Morgan fingerprint density at radius 1 is 1.11 bits per heavy atom. The number of amides is 1. The molecule has 9 heteroatoms. The summed E-state index contributed by atoms with van der Waals surface area (Å²) in [5.41, 5.74) is 9.05. The van der Waals surface area contributed by atoms with Crippen LogP contribution in [0.15, 0.2) is 73.2 Å². The molecule has 1 atom stereocenters. The van der Waals surface area contributed by atoms with E-state index < -0.39 is 17.8 Å². The van der Waals surface area contributed by atoms with Crippen LogP contribution in [0, 0.1) is 23.0 Å². The number of rotatable bonds is 7. The number of nitrogens with one attached hydrogen (secondary N) is 2. The van der Waals surface area contributed by atoms with Crippen LogP contribution in [-0.2, 0) is 6.54 Å². The summed E-state index contributed by atoms with van der Waals surface area (Å²) in [6.45, 7) is 1.80. The molecule has 4 N–H and O–H groups in total. The molecule has 2 aromatic heterocycles. The highest BCUT2D eigenvalue weighted by Gasteiger charge is 2.18. The smallest absolute Gasteiger partial charge is 0.255 e. The highest BCUT2D eigenvalue weighted by Crippen LogP contribution is 2.27. The number of nitrogen functional groups attached to an aromatic ring is 1. The minimum atomic E-state index is -0.484. The van der Waals surface area contributed by atoms with Crippen LogP contribution in [-0.4, -0.2) is 15.9 Å². The van der Waals surface area contributed by atoms with Crippen molar-refractivity contribution in [3.05, 3.63) is 107 Å². The Balaban J connectivity index is 1.53. The van der Waals surface area contributed by atoms with Gasteiger partial charge in [-0.05, 0) is 48.4 Å². The molecule has 36 heavy (non-hydrogen) atoms. The van der Waals surface area contributed by atoms with E-state index in [4.69, 9.17) is 5.73 Å². The fraction of sp³-hybridized carbons (Fsp3) is 0.111. The Hall–Kier alpha value is -4.84. The number of aromatic nitrogens is 2. The van der Waals surface area contributed by atoms with Crippen LogP contribution in [0.2, 0.25) is 0 Å². The molecule has 2 aromatic carbocycles. The number of carbonyl (C=O) groups is 1. The number of halogens is 2. The highest BCUT2D eigenvalue weighted by atomic mass is 19.1. The van der Waals surface area contributed by atoms with Crippen molar-refractivity contribution in [2.45, 2.75) is 19.5 Å². The molecule has 1 amide bonds. The summed E-state index contributed by atoms with van der Waals surface area (Å²) in [5, 5.41) is 15.1. The van der Waals surface area contributed by atoms with Gasteiger partial charge in [0.1, 0.15) is 23.5 Å². The third-order valence-corrected chi connectivity index (χ3v) is 5.64. The number of hydrogen-bond acceptors (Lipinski definition) is 6. The molecule has 2 heterocycles. The van der Waals surface area contributed by atoms with Crippen molar-refractivity contribution in [2.75, 3.05) is 11.1 Å². The second kappa shape index (κ2) is 10.6. The Morgan fingerprint density at radius 3 is 2.58 bits per heavy atom. The van der Waals surface area contributed by atoms with E-state index in [0.29, 0.717) is 27.9 Å². The molecule has 0 bridgehead atoms. The minimum absolute atomic E-state index is 0.0430. The van der Waals surface area contributed by atoms with E-state index in [1.54, 1.807) is 49.6 Å². The van der Waals surface area contributed by atoms with Crippen LogP contribution in [0.4, 0.5) is 20.3 Å². The molecule has 0 fully saturated rings. The molecule has 0 aliphatic carbocycles. The lowest BCUT2D eigenvalue weighted by molar-refractivity contribution is 0.0940. The normalized spacial score (nSPS) is 11.4. The maximum Gasteiger partial charge on any atom is 0.255 e. The Labute approximate surface area is 206 Å². The van der Waals surface area contributed by atoms with Gasteiger partial charge in [0, 0.05) is 41.9 Å². The molecule has 4 rings (SSSR count). The summed E-state index contributed by atoms with van der Waals surface area (Å²) in [7, 11) is 0. The molecule has 0 aliphatic heterocycles. The monoisotopic (exact) mass is 484 g/mol. The number of pyridine rings is 2. The fourth-order valence-electron chi connectivity index (χ4n) is 3.63. The van der Waals surface area contributed by atoms with Gasteiger partial charge in [-0.25, -0.2) is 13.8 Å². The quantitative estimate of drug-likeness (QED) is 0.341. The third-order valence-electron chi connectivity index (χ3n) is 5.64. The van der Waals surface area contributed by atoms with Crippen LogP contribution in [0.5, 0.6) is 0 Å². The first-order valence-electron chi connectivity index (χ1n) is 11.0. The lowest BCUT2D eigenvalue weighted by Gasteiger charge is -2.17. The Bertz CT molecular complexity index is 1450. The van der Waals surface area contributed by atoms with Crippen molar-refractivity contribution in [1.82, 2.24) is 15.3 Å². The minimum Gasteiger partial charge on any atom is -0.398 e. The van der Waals surface area contributed by atoms with Gasteiger partial charge in [0.25, 0.3) is 5.91 Å². The summed E-state index contributed by atoms with van der Waals surface area (Å²) in [4.78, 5) is 21.3. The maximum absolute atomic E-state index is 14.9. The van der Waals surface area contributed by atoms with Gasteiger partial charge in [0.15, 0.2) is 0 Å². The van der Waals surface area contributed by atoms with Gasteiger partial charge in [0.05, 0.1) is 17.2 Å². The molecule has 0 radical (unpaired) electrons. The number of hydrogen-bond donors (Lipinski definition) is 3. The van der Waals surface area contributed by atoms with E-state index in [0.717, 1.165) is 0 Å². The molecule has 0 saturated carbocycles. The molecule has 0 spiro atoms. The first-order chi connectivity index (χ1) is 17.4. The zero-order valence-corrected chi connectivity index (χ0v) is 19.3. The second-order valence-corrected chi connectivity index (χ2v) is 8.10. The predicted molar refractivity (Wildman–Crippen MR) is 133 cm³/mol. The Morgan fingerprint density at radius 2 is 1.89 bits per heavy atom. The van der Waals surface area contributed by atoms with Gasteiger partial charge < -0.3 is 16.4 Å². The average molecular weight is 485 g/mol. The third kappa shape index (κ3) is 5.45. The molecule has 1 unspecified atom stereocenters. The lowest BCUT2D eigenvalue weighted by atomic mass is 10.0. The standard InChI is InChI=1S/C27H22F2N6O/c1-16(18-4-6-21(28)7-5-18)35-27(36)22-10-17(12-30)13-33-26(22)34-14-20-3-2-19(11-24(20)29)23-15-32-9-8-25(23)31/h2-11,13,15-16H,14H2,1H3,(H2,31,32)(H,33,34)(H,35,36). The van der Waals surface area contributed by atoms with Crippen molar-refractivity contribution < 1.29 is 13.6 Å². The molecule has 4 aromatic rings. The number of anilines is 2. The summed E-state index contributed by atoms with van der Waals surface area (Å²) in [6, 6.07) is 15.1.